The number of likely N-dealkylation sites (tertiary alicyclic amines) is 1. The highest BCUT2D eigenvalue weighted by atomic mass is 35.5. The number of hydrogen-bond donors (Lipinski definition) is 3. The van der Waals surface area contributed by atoms with Crippen molar-refractivity contribution in [3.05, 3.63) is 34.3 Å². The van der Waals surface area contributed by atoms with E-state index in [2.05, 4.69) is 5.32 Å². The van der Waals surface area contributed by atoms with Crippen LogP contribution in [0.4, 0.5) is 13.2 Å². The van der Waals surface area contributed by atoms with Gasteiger partial charge in [-0.1, -0.05) is 17.7 Å². The molecule has 2 saturated heterocycles. The number of nitrogens with zero attached hydrogens (tertiary/aromatic N) is 1. The largest absolute Gasteiger partial charge is 0.490 e. The van der Waals surface area contributed by atoms with Gasteiger partial charge in [-0.2, -0.15) is 13.2 Å². The van der Waals surface area contributed by atoms with Crippen LogP contribution in [0.15, 0.2) is 18.2 Å². The molecule has 3 rings (SSSR count). The van der Waals surface area contributed by atoms with E-state index in [0.29, 0.717) is 37.7 Å². The zero-order chi connectivity index (χ0) is 23.9. The predicted molar refractivity (Wildman–Crippen MR) is 109 cm³/mol. The summed E-state index contributed by atoms with van der Waals surface area (Å²) >= 11 is 6.03. The van der Waals surface area contributed by atoms with Gasteiger partial charge in [-0.3, -0.25) is 9.59 Å². The van der Waals surface area contributed by atoms with Crippen LogP contribution >= 0.6 is 11.6 Å². The van der Waals surface area contributed by atoms with Gasteiger partial charge in [-0.15, -0.1) is 0 Å². The molecule has 0 saturated carbocycles. The minimum absolute atomic E-state index is 0.0550. The number of carbonyl (C=O) groups excluding carboxylic acids is 2. The van der Waals surface area contributed by atoms with Crippen LogP contribution in [0.5, 0.6) is 0 Å². The molecule has 1 aromatic carbocycles. The van der Waals surface area contributed by atoms with E-state index in [1.54, 1.807) is 11.0 Å². The zero-order valence-corrected chi connectivity index (χ0v) is 17.9. The average molecular weight is 480 g/mol. The lowest BCUT2D eigenvalue weighted by Gasteiger charge is -2.26. The lowest BCUT2D eigenvalue weighted by molar-refractivity contribution is -0.192. The van der Waals surface area contributed by atoms with Gasteiger partial charge in [0.1, 0.15) is 12.1 Å². The summed E-state index contributed by atoms with van der Waals surface area (Å²) in [5.74, 6) is -2.94. The number of hydrogen-bond acceptors (Lipinski definition) is 5. The lowest BCUT2D eigenvalue weighted by atomic mass is 10.1. The number of carboxylic acids is 1. The molecule has 2 atom stereocenters. The summed E-state index contributed by atoms with van der Waals surface area (Å²) in [5.41, 5.74) is 7.59. The van der Waals surface area contributed by atoms with Crippen molar-refractivity contribution in [3.8, 4) is 0 Å². The molecule has 0 bridgehead atoms. The number of carbonyl (C=O) groups is 3. The first kappa shape index (κ1) is 25.9. The molecule has 8 nitrogen and oxygen atoms in total. The second-order valence-electron chi connectivity index (χ2n) is 7.33. The Morgan fingerprint density at radius 3 is 2.47 bits per heavy atom. The highest BCUT2D eigenvalue weighted by Crippen LogP contribution is 2.23. The van der Waals surface area contributed by atoms with Gasteiger partial charge in [0.05, 0.1) is 0 Å². The summed E-state index contributed by atoms with van der Waals surface area (Å²) in [4.78, 5) is 35.8. The monoisotopic (exact) mass is 479 g/mol. The number of ether oxygens (including phenoxy) is 1. The van der Waals surface area contributed by atoms with Crippen molar-refractivity contribution in [1.29, 1.82) is 0 Å². The molecule has 0 radical (unpaired) electrons. The summed E-state index contributed by atoms with van der Waals surface area (Å²) in [6.07, 6.45) is -2.31. The van der Waals surface area contributed by atoms with Crippen LogP contribution in [0.25, 0.3) is 0 Å². The average Bonchev–Trinajstić information content (AvgIpc) is 3.43. The number of carboxylic acid groups (broad SMARTS) is 1. The van der Waals surface area contributed by atoms with Crippen LogP contribution in [0.3, 0.4) is 0 Å². The first-order chi connectivity index (χ1) is 15.0. The summed E-state index contributed by atoms with van der Waals surface area (Å²) in [6, 6.07) is 5.05. The fourth-order valence-corrected chi connectivity index (χ4v) is 3.71. The summed E-state index contributed by atoms with van der Waals surface area (Å²) in [5, 5.41) is 10.7. The SMILES string of the molecule is NCc1ccc(Cl)cc1CNC(=O)[C@@H]1CCCN1C(=O)[C@H]1CCCO1.O=C(O)C(F)(F)F. The highest BCUT2D eigenvalue weighted by molar-refractivity contribution is 6.30. The lowest BCUT2D eigenvalue weighted by Crippen LogP contribution is -2.49. The fourth-order valence-electron chi connectivity index (χ4n) is 3.52. The molecule has 2 amide bonds. The fraction of sp³-hybridized carbons (Fsp3) is 0.550. The van der Waals surface area contributed by atoms with Crippen molar-refractivity contribution in [2.24, 2.45) is 5.73 Å². The third kappa shape index (κ3) is 7.07. The van der Waals surface area contributed by atoms with E-state index in [0.717, 1.165) is 30.4 Å². The molecule has 0 spiro atoms. The van der Waals surface area contributed by atoms with Crippen molar-refractivity contribution < 1.29 is 37.4 Å². The smallest absolute Gasteiger partial charge is 0.475 e. The first-order valence-electron chi connectivity index (χ1n) is 10.0. The maximum Gasteiger partial charge on any atom is 0.490 e. The van der Waals surface area contributed by atoms with E-state index in [1.807, 2.05) is 12.1 Å². The van der Waals surface area contributed by atoms with E-state index in [1.165, 1.54) is 0 Å². The van der Waals surface area contributed by atoms with E-state index >= 15 is 0 Å². The normalized spacial score (nSPS) is 20.5. The maximum atomic E-state index is 12.6. The number of benzene rings is 1. The van der Waals surface area contributed by atoms with Gasteiger partial charge >= 0.3 is 12.1 Å². The molecular formula is C20H25ClF3N3O5. The number of amides is 2. The Morgan fingerprint density at radius 2 is 1.91 bits per heavy atom. The molecule has 1 aromatic rings. The second kappa shape index (κ2) is 11.5. The van der Waals surface area contributed by atoms with Crippen LogP contribution in [0.1, 0.15) is 36.8 Å². The maximum absolute atomic E-state index is 12.6. The zero-order valence-electron chi connectivity index (χ0n) is 17.2. The van der Waals surface area contributed by atoms with Gasteiger partial charge in [-0.25, -0.2) is 4.79 Å². The molecule has 0 aromatic heterocycles. The van der Waals surface area contributed by atoms with Gasteiger partial charge in [-0.05, 0) is 48.9 Å². The Morgan fingerprint density at radius 1 is 1.22 bits per heavy atom. The first-order valence-corrected chi connectivity index (χ1v) is 10.4. The Labute approximate surface area is 187 Å². The Hall–Kier alpha value is -2.37. The summed E-state index contributed by atoms with van der Waals surface area (Å²) in [6.45, 7) is 1.97. The Balaban J connectivity index is 0.000000451. The van der Waals surface area contributed by atoms with Gasteiger partial charge in [0.15, 0.2) is 0 Å². The van der Waals surface area contributed by atoms with Crippen LogP contribution in [-0.4, -0.2) is 59.3 Å². The molecule has 2 heterocycles. The van der Waals surface area contributed by atoms with Crippen LogP contribution in [-0.2, 0) is 32.2 Å². The van der Waals surface area contributed by atoms with Gasteiger partial charge in [0, 0.05) is 31.3 Å². The third-order valence-corrected chi connectivity index (χ3v) is 5.36. The van der Waals surface area contributed by atoms with E-state index in [4.69, 9.17) is 32.0 Å². The molecule has 2 aliphatic rings. The summed E-state index contributed by atoms with van der Waals surface area (Å²) < 4.78 is 37.2. The Bertz CT molecular complexity index is 831. The number of alkyl halides is 3. The highest BCUT2D eigenvalue weighted by Gasteiger charge is 2.39. The molecule has 0 unspecified atom stereocenters. The van der Waals surface area contributed by atoms with Crippen molar-refractivity contribution >= 4 is 29.4 Å². The minimum atomic E-state index is -5.08. The predicted octanol–water partition coefficient (Wildman–Crippen LogP) is 2.22. The second-order valence-corrected chi connectivity index (χ2v) is 7.77. The van der Waals surface area contributed by atoms with Crippen molar-refractivity contribution in [2.75, 3.05) is 13.2 Å². The molecule has 12 heteroatoms. The number of nitrogens with one attached hydrogen (secondary N) is 1. The quantitative estimate of drug-likeness (QED) is 0.595. The van der Waals surface area contributed by atoms with Gasteiger partial charge in [0.2, 0.25) is 5.91 Å². The standard InChI is InChI=1S/C18H24ClN3O3.C2HF3O2/c19-14-6-5-12(10-20)13(9-14)11-21-17(23)15-3-1-7-22(15)18(24)16-4-2-8-25-16;3-2(4,5)1(6)7/h5-6,9,15-16H,1-4,7-8,10-11,20H2,(H,21,23);(H,6,7)/t15-,16+;/m0./s1. The number of nitrogens with two attached hydrogens (primary N) is 1. The number of rotatable bonds is 5. The topological polar surface area (TPSA) is 122 Å². The number of halogens is 4. The third-order valence-electron chi connectivity index (χ3n) is 5.13. The molecular weight excluding hydrogens is 455 g/mol. The minimum Gasteiger partial charge on any atom is -0.475 e. The molecule has 0 aliphatic carbocycles. The summed E-state index contributed by atoms with van der Waals surface area (Å²) in [7, 11) is 0. The van der Waals surface area contributed by atoms with Crippen LogP contribution in [0, 0.1) is 0 Å². The molecule has 178 valence electrons. The van der Waals surface area contributed by atoms with Gasteiger partial charge in [0.25, 0.3) is 5.91 Å². The Kier molecular flexibility index (Phi) is 9.29. The van der Waals surface area contributed by atoms with Crippen molar-refractivity contribution in [3.63, 3.8) is 0 Å². The van der Waals surface area contributed by atoms with Crippen molar-refractivity contribution in [1.82, 2.24) is 10.2 Å². The molecule has 2 aliphatic heterocycles. The molecule has 32 heavy (non-hydrogen) atoms. The van der Waals surface area contributed by atoms with Crippen LogP contribution < -0.4 is 11.1 Å². The van der Waals surface area contributed by atoms with Gasteiger partial charge < -0.3 is 25.8 Å². The molecule has 2 fully saturated rings. The number of aliphatic carboxylic acids is 1. The molecule has 4 N–H and O–H groups in total. The van der Waals surface area contributed by atoms with E-state index in [-0.39, 0.29) is 17.9 Å². The van der Waals surface area contributed by atoms with Crippen LogP contribution in [0.2, 0.25) is 5.02 Å². The van der Waals surface area contributed by atoms with E-state index in [9.17, 15) is 22.8 Å². The van der Waals surface area contributed by atoms with E-state index < -0.39 is 18.2 Å². The van der Waals surface area contributed by atoms with Crippen molar-refractivity contribution in [2.45, 2.75) is 57.1 Å².